The van der Waals surface area contributed by atoms with Crippen LogP contribution in [0.3, 0.4) is 0 Å². The smallest absolute Gasteiger partial charge is 0.242 e. The van der Waals surface area contributed by atoms with Gasteiger partial charge in [-0.15, -0.1) is 0 Å². The molecule has 1 heterocycles. The molecule has 0 bridgehead atoms. The number of nitrogens with two attached hydrogens (primary N) is 1. The largest absolute Gasteiger partial charge is 0.476 e. The Hall–Kier alpha value is -2.54. The van der Waals surface area contributed by atoms with E-state index in [1.165, 1.54) is 6.33 Å². The van der Waals surface area contributed by atoms with E-state index in [-0.39, 0.29) is 0 Å². The van der Waals surface area contributed by atoms with Gasteiger partial charge in [-0.05, 0) is 6.92 Å². The van der Waals surface area contributed by atoms with Gasteiger partial charge in [0.15, 0.2) is 5.82 Å². The highest BCUT2D eigenvalue weighted by atomic mass is 16.5. The molecule has 7 heteroatoms. The molecule has 7 nitrogen and oxygen atoms in total. The second-order valence-electron chi connectivity index (χ2n) is 3.65. The van der Waals surface area contributed by atoms with E-state index < -0.39 is 0 Å². The van der Waals surface area contributed by atoms with Crippen molar-refractivity contribution in [3.05, 3.63) is 6.33 Å². The Bertz CT molecular complexity index is 472. The highest BCUT2D eigenvalue weighted by Gasteiger charge is 2.15. The Morgan fingerprint density at radius 2 is 1.89 bits per heavy atom. The molecule has 0 fully saturated rings. The van der Waals surface area contributed by atoms with Crippen molar-refractivity contribution in [3.63, 3.8) is 0 Å². The lowest BCUT2D eigenvalue weighted by Gasteiger charge is -2.23. The van der Waals surface area contributed by atoms with Crippen LogP contribution >= 0.6 is 0 Å². The lowest BCUT2D eigenvalue weighted by molar-refractivity contribution is 0.328. The third-order valence-electron chi connectivity index (χ3n) is 2.39. The molecule has 1 rings (SSSR count). The monoisotopic (exact) mass is 260 g/mol. The molecule has 1 aromatic rings. The summed E-state index contributed by atoms with van der Waals surface area (Å²) in [4.78, 5) is 9.87. The molecule has 0 atom stereocenters. The van der Waals surface area contributed by atoms with Crippen LogP contribution in [0.2, 0.25) is 0 Å². The average Bonchev–Trinajstić information content (AvgIpc) is 2.42. The minimum absolute atomic E-state index is 0.325. The van der Waals surface area contributed by atoms with E-state index in [4.69, 9.17) is 21.0 Å². The standard InChI is InChI=1S/C12H16N6O/c1-2-19-12-10(15)11(16-9-17-12)18(7-3-5-13)8-4-6-14/h9H,2-4,7-8,15H2,1H3. The van der Waals surface area contributed by atoms with Crippen molar-refractivity contribution in [1.82, 2.24) is 9.97 Å². The summed E-state index contributed by atoms with van der Waals surface area (Å²) in [5, 5.41) is 17.3. The fourth-order valence-electron chi connectivity index (χ4n) is 1.57. The molecular weight excluding hydrogens is 244 g/mol. The second-order valence-corrected chi connectivity index (χ2v) is 3.65. The lowest BCUT2D eigenvalue weighted by atomic mass is 10.3. The van der Waals surface area contributed by atoms with Gasteiger partial charge in [0.05, 0.1) is 31.6 Å². The highest BCUT2D eigenvalue weighted by molar-refractivity contribution is 5.67. The van der Waals surface area contributed by atoms with Crippen LogP contribution in [-0.4, -0.2) is 29.7 Å². The topological polar surface area (TPSA) is 112 Å². The molecule has 0 amide bonds. The first-order chi connectivity index (χ1) is 9.24. The first-order valence-electron chi connectivity index (χ1n) is 5.96. The van der Waals surface area contributed by atoms with E-state index in [9.17, 15) is 0 Å². The van der Waals surface area contributed by atoms with Crippen molar-refractivity contribution in [3.8, 4) is 18.0 Å². The van der Waals surface area contributed by atoms with Crippen molar-refractivity contribution < 1.29 is 4.74 Å². The number of rotatable bonds is 7. The van der Waals surface area contributed by atoms with Crippen LogP contribution in [0.25, 0.3) is 0 Å². The van der Waals surface area contributed by atoms with Crippen LogP contribution in [0.1, 0.15) is 19.8 Å². The van der Waals surface area contributed by atoms with Gasteiger partial charge in [0.2, 0.25) is 5.88 Å². The molecule has 0 aliphatic rings. The van der Waals surface area contributed by atoms with Crippen molar-refractivity contribution in [2.45, 2.75) is 19.8 Å². The summed E-state index contributed by atoms with van der Waals surface area (Å²) >= 11 is 0. The van der Waals surface area contributed by atoms with Gasteiger partial charge >= 0.3 is 0 Å². The minimum atomic E-state index is 0.325. The molecule has 0 unspecified atom stereocenters. The zero-order valence-electron chi connectivity index (χ0n) is 10.8. The number of nitrogens with zero attached hydrogens (tertiary/aromatic N) is 5. The normalized spacial score (nSPS) is 9.42. The Morgan fingerprint density at radius 3 is 2.42 bits per heavy atom. The third-order valence-corrected chi connectivity index (χ3v) is 2.39. The zero-order chi connectivity index (χ0) is 14.1. The van der Waals surface area contributed by atoms with E-state index in [2.05, 4.69) is 22.1 Å². The number of anilines is 2. The molecule has 100 valence electrons. The quantitative estimate of drug-likeness (QED) is 0.780. The van der Waals surface area contributed by atoms with E-state index >= 15 is 0 Å². The maximum absolute atomic E-state index is 8.67. The summed E-state index contributed by atoms with van der Waals surface area (Å²) in [6.45, 7) is 3.22. The van der Waals surface area contributed by atoms with Gasteiger partial charge in [0.25, 0.3) is 0 Å². The predicted octanol–water partition coefficient (Wildman–Crippen LogP) is 1.09. The fourth-order valence-corrected chi connectivity index (χ4v) is 1.57. The Balaban J connectivity index is 2.97. The number of hydrogen-bond donors (Lipinski definition) is 1. The van der Waals surface area contributed by atoms with Crippen LogP contribution in [0.15, 0.2) is 6.33 Å². The molecule has 2 N–H and O–H groups in total. The van der Waals surface area contributed by atoms with Crippen LogP contribution in [0.5, 0.6) is 5.88 Å². The number of nitrogen functional groups attached to an aromatic ring is 1. The van der Waals surface area contributed by atoms with E-state index in [0.29, 0.717) is 49.9 Å². The summed E-state index contributed by atoms with van der Waals surface area (Å²) in [7, 11) is 0. The molecule has 0 aliphatic carbocycles. The van der Waals surface area contributed by atoms with Crippen molar-refractivity contribution in [1.29, 1.82) is 10.5 Å². The van der Waals surface area contributed by atoms with Gasteiger partial charge in [-0.2, -0.15) is 15.5 Å². The first kappa shape index (κ1) is 14.5. The number of nitriles is 2. The number of ether oxygens (including phenoxy) is 1. The second kappa shape index (κ2) is 7.72. The Kier molecular flexibility index (Phi) is 5.90. The summed E-state index contributed by atoms with van der Waals surface area (Å²) in [6, 6.07) is 4.13. The molecule has 0 radical (unpaired) electrons. The summed E-state index contributed by atoms with van der Waals surface area (Å²) < 4.78 is 5.30. The summed E-state index contributed by atoms with van der Waals surface area (Å²) in [5.74, 6) is 0.829. The van der Waals surface area contributed by atoms with Crippen LogP contribution in [0.4, 0.5) is 11.5 Å². The van der Waals surface area contributed by atoms with Gasteiger partial charge in [-0.25, -0.2) is 4.98 Å². The minimum Gasteiger partial charge on any atom is -0.476 e. The molecule has 1 aromatic heterocycles. The van der Waals surface area contributed by atoms with Crippen LogP contribution in [0, 0.1) is 22.7 Å². The molecule has 0 aliphatic heterocycles. The van der Waals surface area contributed by atoms with E-state index in [0.717, 1.165) is 0 Å². The molecule has 19 heavy (non-hydrogen) atoms. The fraction of sp³-hybridized carbons (Fsp3) is 0.500. The molecule has 0 saturated carbocycles. The first-order valence-corrected chi connectivity index (χ1v) is 5.96. The maximum atomic E-state index is 8.67. The molecule has 0 spiro atoms. The molecular formula is C12H16N6O. The van der Waals surface area contributed by atoms with Crippen LogP contribution in [-0.2, 0) is 0 Å². The van der Waals surface area contributed by atoms with Gasteiger partial charge in [0, 0.05) is 13.1 Å². The average molecular weight is 260 g/mol. The highest BCUT2D eigenvalue weighted by Crippen LogP contribution is 2.27. The van der Waals surface area contributed by atoms with Crippen molar-refractivity contribution in [2.75, 3.05) is 30.3 Å². The van der Waals surface area contributed by atoms with Gasteiger partial charge in [-0.3, -0.25) is 0 Å². The van der Waals surface area contributed by atoms with Gasteiger partial charge in [-0.1, -0.05) is 0 Å². The SMILES string of the molecule is CCOc1ncnc(N(CCC#N)CCC#N)c1N. The maximum Gasteiger partial charge on any atom is 0.242 e. The van der Waals surface area contributed by atoms with Crippen molar-refractivity contribution >= 4 is 11.5 Å². The third kappa shape index (κ3) is 4.00. The van der Waals surface area contributed by atoms with E-state index in [1.807, 2.05) is 6.92 Å². The van der Waals surface area contributed by atoms with Crippen LogP contribution < -0.4 is 15.4 Å². The summed E-state index contributed by atoms with van der Waals surface area (Å²) in [6.07, 6.45) is 2.03. The predicted molar refractivity (Wildman–Crippen MR) is 70.3 cm³/mol. The molecule has 0 aromatic carbocycles. The van der Waals surface area contributed by atoms with Gasteiger partial charge in [0.1, 0.15) is 12.0 Å². The Morgan fingerprint density at radius 1 is 1.26 bits per heavy atom. The zero-order valence-corrected chi connectivity index (χ0v) is 10.8. The molecule has 0 saturated heterocycles. The number of aromatic nitrogens is 2. The number of hydrogen-bond acceptors (Lipinski definition) is 7. The van der Waals surface area contributed by atoms with Crippen molar-refractivity contribution in [2.24, 2.45) is 0 Å². The van der Waals surface area contributed by atoms with E-state index in [1.54, 1.807) is 4.90 Å². The lowest BCUT2D eigenvalue weighted by Crippen LogP contribution is -2.27. The Labute approximate surface area is 112 Å². The summed E-state index contributed by atoms with van der Waals surface area (Å²) in [5.41, 5.74) is 6.29. The van der Waals surface area contributed by atoms with Gasteiger partial charge < -0.3 is 15.4 Å².